The third kappa shape index (κ3) is 4.06. The quantitative estimate of drug-likeness (QED) is 0.846. The van der Waals surface area contributed by atoms with E-state index in [4.69, 9.17) is 16.3 Å². The zero-order chi connectivity index (χ0) is 16.1. The van der Waals surface area contributed by atoms with Gasteiger partial charge in [0.2, 0.25) is 5.91 Å². The first-order valence-electron chi connectivity index (χ1n) is 7.22. The highest BCUT2D eigenvalue weighted by molar-refractivity contribution is 6.31. The van der Waals surface area contributed by atoms with Crippen molar-refractivity contribution in [1.82, 2.24) is 10.2 Å². The molecular formula is C16H20ClFN2O2. The lowest BCUT2D eigenvalue weighted by Crippen LogP contribution is -2.46. The van der Waals surface area contributed by atoms with E-state index < -0.39 is 0 Å². The fraction of sp³-hybridized carbons (Fsp3) is 0.438. The summed E-state index contributed by atoms with van der Waals surface area (Å²) < 4.78 is 19.8. The molecule has 0 aliphatic carbocycles. The van der Waals surface area contributed by atoms with Crippen molar-refractivity contribution in [3.05, 3.63) is 47.3 Å². The van der Waals surface area contributed by atoms with Crippen LogP contribution in [0.1, 0.15) is 18.5 Å². The second-order valence-corrected chi connectivity index (χ2v) is 5.68. The Kier molecular flexibility index (Phi) is 5.94. The number of hydrogen-bond donors (Lipinski definition) is 1. The zero-order valence-electron chi connectivity index (χ0n) is 12.5. The highest BCUT2D eigenvalue weighted by atomic mass is 35.5. The van der Waals surface area contributed by atoms with E-state index in [2.05, 4.69) is 16.8 Å². The number of morpholine rings is 1. The van der Waals surface area contributed by atoms with Crippen molar-refractivity contribution >= 4 is 17.5 Å². The lowest BCUT2D eigenvalue weighted by atomic mass is 10.0. The van der Waals surface area contributed by atoms with E-state index in [9.17, 15) is 9.18 Å². The highest BCUT2D eigenvalue weighted by Gasteiger charge is 2.29. The molecule has 0 radical (unpaired) electrons. The Morgan fingerprint density at radius 2 is 2.45 bits per heavy atom. The van der Waals surface area contributed by atoms with Crippen LogP contribution in [0.25, 0.3) is 0 Å². The number of rotatable bonds is 5. The number of nitrogens with one attached hydrogen (secondary N) is 1. The summed E-state index contributed by atoms with van der Waals surface area (Å²) in [5, 5.41) is 3.09. The smallest absolute Gasteiger partial charge is 0.243 e. The molecule has 0 aromatic heterocycles. The first-order chi connectivity index (χ1) is 10.5. The van der Waals surface area contributed by atoms with E-state index in [0.717, 1.165) is 0 Å². The van der Waals surface area contributed by atoms with E-state index in [1.54, 1.807) is 12.1 Å². The topological polar surface area (TPSA) is 41.6 Å². The summed E-state index contributed by atoms with van der Waals surface area (Å²) in [6, 6.07) is 4.27. The number of benzene rings is 1. The van der Waals surface area contributed by atoms with Crippen molar-refractivity contribution in [2.24, 2.45) is 0 Å². The Morgan fingerprint density at radius 1 is 1.68 bits per heavy atom. The highest BCUT2D eigenvalue weighted by Crippen LogP contribution is 2.30. The molecule has 2 atom stereocenters. The summed E-state index contributed by atoms with van der Waals surface area (Å²) in [5.41, 5.74) is 0.405. The van der Waals surface area contributed by atoms with Crippen LogP contribution in [0.15, 0.2) is 30.9 Å². The average Bonchev–Trinajstić information content (AvgIpc) is 2.49. The minimum Gasteiger partial charge on any atom is -0.376 e. The molecule has 0 bridgehead atoms. The molecule has 1 saturated heterocycles. The minimum absolute atomic E-state index is 0.0527. The van der Waals surface area contributed by atoms with Gasteiger partial charge in [0.1, 0.15) is 5.82 Å². The normalized spacial score (nSPS) is 20.4. The monoisotopic (exact) mass is 326 g/mol. The maximum Gasteiger partial charge on any atom is 0.243 e. The number of amides is 1. The molecule has 1 aliphatic heterocycles. The fourth-order valence-electron chi connectivity index (χ4n) is 2.64. The van der Waals surface area contributed by atoms with Gasteiger partial charge >= 0.3 is 0 Å². The van der Waals surface area contributed by atoms with Crippen molar-refractivity contribution in [1.29, 1.82) is 0 Å². The summed E-state index contributed by atoms with van der Waals surface area (Å²) in [6.07, 6.45) is 1.25. The van der Waals surface area contributed by atoms with Crippen LogP contribution in [0.2, 0.25) is 5.02 Å². The predicted octanol–water partition coefficient (Wildman–Crippen LogP) is 2.54. The van der Waals surface area contributed by atoms with E-state index >= 15 is 0 Å². The van der Waals surface area contributed by atoms with E-state index in [1.165, 1.54) is 12.1 Å². The standard InChI is InChI=1S/C16H20ClFN2O2/c1-3-15(21)19-9-14(20-7-8-22-11(2)10-20)16-12(17)5-4-6-13(16)18/h3-6,11,14H,1,7-10H2,2H3,(H,19,21). The first kappa shape index (κ1) is 16.9. The van der Waals surface area contributed by atoms with Crippen molar-refractivity contribution in [2.75, 3.05) is 26.2 Å². The van der Waals surface area contributed by atoms with Gasteiger partial charge in [0.15, 0.2) is 0 Å². The average molecular weight is 327 g/mol. The van der Waals surface area contributed by atoms with Crippen LogP contribution in [0.5, 0.6) is 0 Å². The summed E-state index contributed by atoms with van der Waals surface area (Å²) in [4.78, 5) is 13.6. The zero-order valence-corrected chi connectivity index (χ0v) is 13.3. The van der Waals surface area contributed by atoms with Gasteiger partial charge in [0.05, 0.1) is 18.8 Å². The Morgan fingerprint density at radius 3 is 3.09 bits per heavy atom. The van der Waals surface area contributed by atoms with E-state index in [-0.39, 0.29) is 30.4 Å². The lowest BCUT2D eigenvalue weighted by molar-refractivity contribution is -0.116. The second-order valence-electron chi connectivity index (χ2n) is 5.28. The maximum absolute atomic E-state index is 14.3. The Balaban J connectivity index is 2.27. The molecule has 1 aromatic carbocycles. The van der Waals surface area contributed by atoms with Gasteiger partial charge in [-0.2, -0.15) is 0 Å². The molecule has 2 unspecified atom stereocenters. The second kappa shape index (κ2) is 7.72. The van der Waals surface area contributed by atoms with Gasteiger partial charge in [0, 0.05) is 30.2 Å². The van der Waals surface area contributed by atoms with Crippen molar-refractivity contribution < 1.29 is 13.9 Å². The molecule has 1 amide bonds. The number of nitrogens with zero attached hydrogens (tertiary/aromatic N) is 1. The Labute approximate surface area is 134 Å². The third-order valence-corrected chi connectivity index (χ3v) is 4.03. The van der Waals surface area contributed by atoms with Crippen molar-refractivity contribution in [2.45, 2.75) is 19.1 Å². The molecule has 1 aliphatic rings. The van der Waals surface area contributed by atoms with Gasteiger partial charge in [0.25, 0.3) is 0 Å². The molecule has 120 valence electrons. The van der Waals surface area contributed by atoms with Crippen LogP contribution in [0.4, 0.5) is 4.39 Å². The molecule has 4 nitrogen and oxygen atoms in total. The van der Waals surface area contributed by atoms with Gasteiger partial charge < -0.3 is 10.1 Å². The summed E-state index contributed by atoms with van der Waals surface area (Å²) >= 11 is 6.20. The molecule has 22 heavy (non-hydrogen) atoms. The molecule has 1 aromatic rings. The largest absolute Gasteiger partial charge is 0.376 e. The van der Waals surface area contributed by atoms with E-state index in [0.29, 0.717) is 30.3 Å². The van der Waals surface area contributed by atoms with Crippen molar-refractivity contribution in [3.63, 3.8) is 0 Å². The number of hydrogen-bond acceptors (Lipinski definition) is 3. The molecule has 0 spiro atoms. The summed E-state index contributed by atoms with van der Waals surface area (Å²) in [7, 11) is 0. The van der Waals surface area contributed by atoms with Crippen LogP contribution < -0.4 is 5.32 Å². The van der Waals surface area contributed by atoms with Crippen LogP contribution in [-0.2, 0) is 9.53 Å². The number of ether oxygens (including phenoxy) is 1. The first-order valence-corrected chi connectivity index (χ1v) is 7.60. The predicted molar refractivity (Wildman–Crippen MR) is 84.3 cm³/mol. The van der Waals surface area contributed by atoms with Crippen LogP contribution in [0, 0.1) is 5.82 Å². The molecule has 0 saturated carbocycles. The van der Waals surface area contributed by atoms with Gasteiger partial charge in [-0.1, -0.05) is 24.2 Å². The number of halogens is 2. The molecular weight excluding hydrogens is 307 g/mol. The van der Waals surface area contributed by atoms with Gasteiger partial charge in [-0.15, -0.1) is 0 Å². The third-order valence-electron chi connectivity index (χ3n) is 3.70. The lowest BCUT2D eigenvalue weighted by Gasteiger charge is -2.38. The minimum atomic E-state index is -0.371. The van der Waals surface area contributed by atoms with Crippen LogP contribution >= 0.6 is 11.6 Å². The molecule has 6 heteroatoms. The molecule has 1 N–H and O–H groups in total. The Hall–Kier alpha value is -1.43. The van der Waals surface area contributed by atoms with Crippen molar-refractivity contribution in [3.8, 4) is 0 Å². The van der Waals surface area contributed by atoms with E-state index in [1.807, 2.05) is 6.92 Å². The summed E-state index contributed by atoms with van der Waals surface area (Å²) in [6.45, 7) is 7.53. The maximum atomic E-state index is 14.3. The van der Waals surface area contributed by atoms with Crippen LogP contribution in [0.3, 0.4) is 0 Å². The fourth-order valence-corrected chi connectivity index (χ4v) is 2.93. The number of carbonyl (C=O) groups excluding carboxylic acids is 1. The van der Waals surface area contributed by atoms with Crippen LogP contribution in [-0.4, -0.2) is 43.2 Å². The molecule has 1 heterocycles. The number of carbonyl (C=O) groups is 1. The van der Waals surface area contributed by atoms with Gasteiger partial charge in [-0.05, 0) is 25.1 Å². The molecule has 1 fully saturated rings. The van der Waals surface area contributed by atoms with Gasteiger partial charge in [-0.3, -0.25) is 9.69 Å². The summed E-state index contributed by atoms with van der Waals surface area (Å²) in [5.74, 6) is -0.664. The molecule has 2 rings (SSSR count). The SMILES string of the molecule is C=CC(=O)NCC(c1c(F)cccc1Cl)N1CCOC(C)C1. The van der Waals surface area contributed by atoms with Gasteiger partial charge in [-0.25, -0.2) is 4.39 Å². The Bertz CT molecular complexity index is 533.